The fraction of sp³-hybridized carbons (Fsp3) is 0.143. The van der Waals surface area contributed by atoms with Gasteiger partial charge in [-0.2, -0.15) is 0 Å². The van der Waals surface area contributed by atoms with E-state index in [1.807, 2.05) is 31.2 Å². The van der Waals surface area contributed by atoms with Crippen molar-refractivity contribution in [2.75, 3.05) is 11.1 Å². The number of anilines is 2. The van der Waals surface area contributed by atoms with E-state index in [9.17, 15) is 4.39 Å². The summed E-state index contributed by atoms with van der Waals surface area (Å²) in [7, 11) is 0. The zero-order valence-electron chi connectivity index (χ0n) is 10.3. The molecule has 0 saturated heterocycles. The van der Waals surface area contributed by atoms with Crippen LogP contribution >= 0.6 is 27.5 Å². The molecular formula is C14H13BrClFN2. The largest absolute Gasteiger partial charge is 0.397 e. The van der Waals surface area contributed by atoms with E-state index >= 15 is 0 Å². The van der Waals surface area contributed by atoms with Crippen LogP contribution in [0.25, 0.3) is 0 Å². The first-order chi connectivity index (χ1) is 8.97. The summed E-state index contributed by atoms with van der Waals surface area (Å²) in [6.45, 7) is 2.00. The molecule has 2 nitrogen and oxygen atoms in total. The van der Waals surface area contributed by atoms with Crippen molar-refractivity contribution in [3.63, 3.8) is 0 Å². The minimum absolute atomic E-state index is 0.0290. The topological polar surface area (TPSA) is 38.0 Å². The lowest BCUT2D eigenvalue weighted by Gasteiger charge is -2.18. The van der Waals surface area contributed by atoms with Crippen LogP contribution in [0, 0.1) is 5.82 Å². The lowest BCUT2D eigenvalue weighted by molar-refractivity contribution is 0.629. The molecule has 0 heterocycles. The van der Waals surface area contributed by atoms with Crippen molar-refractivity contribution in [1.29, 1.82) is 0 Å². The Balaban J connectivity index is 2.24. The molecule has 0 spiro atoms. The number of nitrogen functional groups attached to an aromatic ring is 1. The first kappa shape index (κ1) is 14.2. The van der Waals surface area contributed by atoms with Crippen molar-refractivity contribution >= 4 is 38.9 Å². The van der Waals surface area contributed by atoms with Gasteiger partial charge in [-0.25, -0.2) is 4.39 Å². The second kappa shape index (κ2) is 5.80. The third kappa shape index (κ3) is 3.39. The summed E-state index contributed by atoms with van der Waals surface area (Å²) >= 11 is 9.19. The number of hydrogen-bond donors (Lipinski definition) is 2. The molecule has 3 N–H and O–H groups in total. The summed E-state index contributed by atoms with van der Waals surface area (Å²) in [6, 6.07) is 10.7. The van der Waals surface area contributed by atoms with E-state index in [4.69, 9.17) is 17.3 Å². The van der Waals surface area contributed by atoms with Crippen LogP contribution in [0.4, 0.5) is 15.8 Å². The fourth-order valence-electron chi connectivity index (χ4n) is 1.78. The van der Waals surface area contributed by atoms with Crippen molar-refractivity contribution in [3.8, 4) is 0 Å². The summed E-state index contributed by atoms with van der Waals surface area (Å²) in [5, 5.41) is 3.28. The minimum Gasteiger partial charge on any atom is -0.397 e. The maximum Gasteiger partial charge on any atom is 0.143 e. The van der Waals surface area contributed by atoms with Gasteiger partial charge in [0.05, 0.1) is 16.4 Å². The van der Waals surface area contributed by atoms with Crippen molar-refractivity contribution in [2.45, 2.75) is 13.0 Å². The number of benzene rings is 2. The predicted molar refractivity (Wildman–Crippen MR) is 82.0 cm³/mol. The van der Waals surface area contributed by atoms with Crippen LogP contribution in [0.1, 0.15) is 18.5 Å². The molecule has 5 heteroatoms. The average Bonchev–Trinajstić information content (AvgIpc) is 2.36. The van der Waals surface area contributed by atoms with Gasteiger partial charge in [0.25, 0.3) is 0 Å². The summed E-state index contributed by atoms with van der Waals surface area (Å²) in [5.41, 5.74) is 7.83. The van der Waals surface area contributed by atoms with E-state index in [2.05, 4.69) is 21.2 Å². The van der Waals surface area contributed by atoms with E-state index in [1.165, 1.54) is 12.1 Å². The highest BCUT2D eigenvalue weighted by molar-refractivity contribution is 9.10. The lowest BCUT2D eigenvalue weighted by Crippen LogP contribution is -2.08. The van der Waals surface area contributed by atoms with Gasteiger partial charge in [0.1, 0.15) is 5.82 Å². The highest BCUT2D eigenvalue weighted by atomic mass is 79.9. The molecule has 0 amide bonds. The van der Waals surface area contributed by atoms with E-state index < -0.39 is 5.82 Å². The SMILES string of the molecule is CC(Nc1cc(Cl)c(F)cc1N)c1cccc(Br)c1. The van der Waals surface area contributed by atoms with Crippen LogP contribution in [0.5, 0.6) is 0 Å². The first-order valence-electron chi connectivity index (χ1n) is 5.74. The second-order valence-corrected chi connectivity index (χ2v) is 5.60. The maximum atomic E-state index is 13.2. The van der Waals surface area contributed by atoms with Gasteiger partial charge in [0, 0.05) is 16.6 Å². The van der Waals surface area contributed by atoms with Gasteiger partial charge < -0.3 is 11.1 Å². The zero-order chi connectivity index (χ0) is 14.0. The standard InChI is InChI=1S/C14H13BrClFN2/c1-8(9-3-2-4-10(15)5-9)19-14-6-11(16)12(17)7-13(14)18/h2-8,19H,18H2,1H3. The molecule has 0 saturated carbocycles. The van der Waals surface area contributed by atoms with E-state index in [-0.39, 0.29) is 11.1 Å². The Kier molecular flexibility index (Phi) is 4.32. The molecule has 0 aliphatic heterocycles. The van der Waals surface area contributed by atoms with E-state index in [1.54, 1.807) is 0 Å². The number of nitrogens with two attached hydrogens (primary N) is 1. The van der Waals surface area contributed by atoms with Gasteiger partial charge in [-0.15, -0.1) is 0 Å². The highest BCUT2D eigenvalue weighted by Gasteiger charge is 2.10. The van der Waals surface area contributed by atoms with Crippen molar-refractivity contribution in [3.05, 3.63) is 57.3 Å². The Bertz CT molecular complexity index is 604. The molecule has 19 heavy (non-hydrogen) atoms. The Morgan fingerprint density at radius 2 is 2.05 bits per heavy atom. The third-order valence-electron chi connectivity index (χ3n) is 2.81. The van der Waals surface area contributed by atoms with Crippen LogP contribution in [0.3, 0.4) is 0 Å². The Morgan fingerprint density at radius 3 is 2.74 bits per heavy atom. The number of rotatable bonds is 3. The average molecular weight is 344 g/mol. The van der Waals surface area contributed by atoms with Crippen molar-refractivity contribution in [2.24, 2.45) is 0 Å². The molecule has 2 rings (SSSR count). The summed E-state index contributed by atoms with van der Waals surface area (Å²) in [6.07, 6.45) is 0. The lowest BCUT2D eigenvalue weighted by atomic mass is 10.1. The molecule has 2 aromatic carbocycles. The molecule has 0 radical (unpaired) electrons. The van der Waals surface area contributed by atoms with Gasteiger partial charge >= 0.3 is 0 Å². The van der Waals surface area contributed by atoms with E-state index in [0.717, 1.165) is 10.0 Å². The maximum absolute atomic E-state index is 13.2. The number of hydrogen-bond acceptors (Lipinski definition) is 2. The molecule has 1 unspecified atom stereocenters. The van der Waals surface area contributed by atoms with Gasteiger partial charge in [0.2, 0.25) is 0 Å². The quantitative estimate of drug-likeness (QED) is 0.770. The fourth-order valence-corrected chi connectivity index (χ4v) is 2.36. The molecule has 0 bridgehead atoms. The van der Waals surface area contributed by atoms with Gasteiger partial charge in [0.15, 0.2) is 0 Å². The minimum atomic E-state index is -0.514. The van der Waals surface area contributed by atoms with Gasteiger partial charge in [-0.05, 0) is 30.7 Å². The van der Waals surface area contributed by atoms with Crippen molar-refractivity contribution < 1.29 is 4.39 Å². The predicted octanol–water partition coefficient (Wildman–Crippen LogP) is 5.00. The molecule has 0 aromatic heterocycles. The number of halogens is 3. The molecular weight excluding hydrogens is 331 g/mol. The molecule has 0 fully saturated rings. The Morgan fingerprint density at radius 1 is 1.32 bits per heavy atom. The zero-order valence-corrected chi connectivity index (χ0v) is 12.6. The van der Waals surface area contributed by atoms with Gasteiger partial charge in [-0.3, -0.25) is 0 Å². The summed E-state index contributed by atoms with van der Waals surface area (Å²) in [5.74, 6) is -0.514. The molecule has 0 aliphatic carbocycles. The van der Waals surface area contributed by atoms with Crippen LogP contribution in [-0.2, 0) is 0 Å². The Hall–Kier alpha value is -1.26. The van der Waals surface area contributed by atoms with Crippen LogP contribution < -0.4 is 11.1 Å². The van der Waals surface area contributed by atoms with Gasteiger partial charge in [-0.1, -0.05) is 39.7 Å². The summed E-state index contributed by atoms with van der Waals surface area (Å²) < 4.78 is 14.2. The Labute approximate surface area is 124 Å². The summed E-state index contributed by atoms with van der Waals surface area (Å²) in [4.78, 5) is 0. The van der Waals surface area contributed by atoms with Crippen LogP contribution in [0.15, 0.2) is 40.9 Å². The van der Waals surface area contributed by atoms with Crippen LogP contribution in [-0.4, -0.2) is 0 Å². The molecule has 100 valence electrons. The third-order valence-corrected chi connectivity index (χ3v) is 3.60. The molecule has 1 atom stereocenters. The smallest absolute Gasteiger partial charge is 0.143 e. The van der Waals surface area contributed by atoms with E-state index in [0.29, 0.717) is 11.4 Å². The molecule has 2 aromatic rings. The van der Waals surface area contributed by atoms with Crippen molar-refractivity contribution in [1.82, 2.24) is 0 Å². The first-order valence-corrected chi connectivity index (χ1v) is 6.91. The number of nitrogens with one attached hydrogen (secondary N) is 1. The monoisotopic (exact) mass is 342 g/mol. The van der Waals surface area contributed by atoms with Crippen LogP contribution in [0.2, 0.25) is 5.02 Å². The second-order valence-electron chi connectivity index (χ2n) is 4.27. The normalized spacial score (nSPS) is 12.2. The highest BCUT2D eigenvalue weighted by Crippen LogP contribution is 2.29. The molecule has 0 aliphatic rings.